The van der Waals surface area contributed by atoms with Crippen molar-refractivity contribution in [1.82, 2.24) is 14.6 Å². The number of piperidine rings is 1. The highest BCUT2D eigenvalue weighted by Gasteiger charge is 2.24. The van der Waals surface area contributed by atoms with Crippen LogP contribution < -0.4 is 4.90 Å². The first-order valence-corrected chi connectivity index (χ1v) is 11.4. The number of hydrogen-bond donors (Lipinski definition) is 0. The number of Topliss-reactive ketones (excluding diaryl/α,β-unsaturated/α-hetero) is 1. The number of ketones is 1. The summed E-state index contributed by atoms with van der Waals surface area (Å²) in [7, 11) is 0. The number of carbonyl (C=O) groups is 1. The molecular weight excluding hydrogens is 386 g/mol. The zero-order valence-corrected chi connectivity index (χ0v) is 18.6. The van der Waals surface area contributed by atoms with Crippen LogP contribution in [0.4, 0.5) is 5.82 Å². The first-order chi connectivity index (χ1) is 15.0. The fraction of sp³-hybridized carbons (Fsp3) is 0.480. The summed E-state index contributed by atoms with van der Waals surface area (Å²) in [6, 6.07) is 10.7. The maximum absolute atomic E-state index is 12.2. The molecule has 0 aliphatic carbocycles. The lowest BCUT2D eigenvalue weighted by molar-refractivity contribution is -0.119. The molecule has 1 N–H and O–H groups in total. The Hall–Kier alpha value is -2.89. The zero-order valence-electron chi connectivity index (χ0n) is 18.6. The van der Waals surface area contributed by atoms with Gasteiger partial charge in [0.1, 0.15) is 23.6 Å². The Bertz CT molecular complexity index is 1040. The Morgan fingerprint density at radius 1 is 1.23 bits per heavy atom. The summed E-state index contributed by atoms with van der Waals surface area (Å²) in [5, 5.41) is 0.937. The number of anilines is 1. The van der Waals surface area contributed by atoms with Gasteiger partial charge in [-0.25, -0.2) is 9.97 Å². The van der Waals surface area contributed by atoms with Gasteiger partial charge >= 0.3 is 0 Å². The molecule has 6 heteroatoms. The molecule has 4 rings (SSSR count). The predicted octanol–water partition coefficient (Wildman–Crippen LogP) is 5.57. The lowest BCUT2D eigenvalue weighted by atomic mass is 9.89. The van der Waals surface area contributed by atoms with E-state index in [4.69, 9.17) is 5.84 Å². The SMILES string of the molecule is CC(C)CCC(=O)CCc1cccc(C2CCCN(c3ncnc4c3ccn4[NH-])C2)c1. The molecule has 3 aromatic rings. The molecule has 1 fully saturated rings. The third-order valence-electron chi connectivity index (χ3n) is 6.30. The van der Waals surface area contributed by atoms with Gasteiger partial charge in [0, 0.05) is 31.8 Å². The van der Waals surface area contributed by atoms with E-state index >= 15 is 0 Å². The Morgan fingerprint density at radius 2 is 2.10 bits per heavy atom. The van der Waals surface area contributed by atoms with E-state index < -0.39 is 0 Å². The van der Waals surface area contributed by atoms with Gasteiger partial charge in [0.15, 0.2) is 0 Å². The number of nitrogens with one attached hydrogen (secondary N) is 1. The molecule has 6 nitrogen and oxygen atoms in total. The van der Waals surface area contributed by atoms with Crippen LogP contribution in [0.5, 0.6) is 0 Å². The van der Waals surface area contributed by atoms with E-state index in [-0.39, 0.29) is 0 Å². The van der Waals surface area contributed by atoms with Crippen LogP contribution >= 0.6 is 0 Å². The van der Waals surface area contributed by atoms with E-state index in [0.717, 1.165) is 50.0 Å². The van der Waals surface area contributed by atoms with Crippen LogP contribution in [0.25, 0.3) is 16.9 Å². The van der Waals surface area contributed by atoms with Crippen molar-refractivity contribution in [3.8, 4) is 0 Å². The van der Waals surface area contributed by atoms with Crippen LogP contribution in [-0.4, -0.2) is 33.5 Å². The van der Waals surface area contributed by atoms with Gasteiger partial charge in [-0.05, 0) is 55.0 Å². The highest BCUT2D eigenvalue weighted by Crippen LogP contribution is 2.32. The van der Waals surface area contributed by atoms with Crippen LogP contribution in [0.3, 0.4) is 0 Å². The minimum atomic E-state index is 0.372. The van der Waals surface area contributed by atoms with Gasteiger partial charge in [0.2, 0.25) is 0 Å². The van der Waals surface area contributed by atoms with E-state index in [2.05, 4.69) is 53.0 Å². The van der Waals surface area contributed by atoms with Crippen molar-refractivity contribution in [2.45, 2.75) is 58.3 Å². The minimum absolute atomic E-state index is 0.372. The first kappa shape index (κ1) is 21.3. The zero-order chi connectivity index (χ0) is 21.8. The molecule has 2 aromatic heterocycles. The summed E-state index contributed by atoms with van der Waals surface area (Å²) >= 11 is 0. The summed E-state index contributed by atoms with van der Waals surface area (Å²) in [5.41, 5.74) is 3.25. The quantitative estimate of drug-likeness (QED) is 0.479. The van der Waals surface area contributed by atoms with E-state index in [9.17, 15) is 4.79 Å². The monoisotopic (exact) mass is 418 g/mol. The fourth-order valence-electron chi connectivity index (χ4n) is 4.49. The van der Waals surface area contributed by atoms with Gasteiger partial charge < -0.3 is 15.4 Å². The molecule has 0 bridgehead atoms. The number of carbonyl (C=O) groups excluding carboxylic acids is 1. The third-order valence-corrected chi connectivity index (χ3v) is 6.30. The second-order valence-electron chi connectivity index (χ2n) is 9.12. The molecule has 31 heavy (non-hydrogen) atoms. The lowest BCUT2D eigenvalue weighted by Crippen LogP contribution is -2.35. The average Bonchev–Trinajstić information content (AvgIpc) is 3.17. The van der Waals surface area contributed by atoms with Crippen molar-refractivity contribution in [2.75, 3.05) is 18.0 Å². The maximum Gasteiger partial charge on any atom is 0.141 e. The molecule has 0 saturated carbocycles. The predicted molar refractivity (Wildman–Crippen MR) is 125 cm³/mol. The minimum Gasteiger partial charge on any atom is -0.630 e. The maximum atomic E-state index is 12.2. The van der Waals surface area contributed by atoms with Gasteiger partial charge in [0.05, 0.1) is 5.39 Å². The molecule has 0 spiro atoms. The summed E-state index contributed by atoms with van der Waals surface area (Å²) < 4.78 is 1.30. The second kappa shape index (κ2) is 9.50. The molecule has 0 amide bonds. The molecule has 1 aromatic carbocycles. The highest BCUT2D eigenvalue weighted by molar-refractivity contribution is 5.88. The third kappa shape index (κ3) is 5.06. The van der Waals surface area contributed by atoms with Crippen molar-refractivity contribution in [3.63, 3.8) is 0 Å². The molecule has 1 aliphatic rings. The van der Waals surface area contributed by atoms with Gasteiger partial charge in [-0.1, -0.05) is 38.1 Å². The Kier molecular flexibility index (Phi) is 6.54. The fourth-order valence-corrected chi connectivity index (χ4v) is 4.49. The number of fused-ring (bicyclic) bond motifs is 1. The average molecular weight is 419 g/mol. The number of benzene rings is 1. The van der Waals surface area contributed by atoms with Crippen LogP contribution in [0.15, 0.2) is 42.9 Å². The molecule has 1 atom stereocenters. The molecule has 164 valence electrons. The van der Waals surface area contributed by atoms with Crippen molar-refractivity contribution in [3.05, 3.63) is 59.8 Å². The standard InChI is InChI=1S/C25H32N5O/c1-18(2)8-10-22(31)11-9-19-5-3-6-20(15-19)21-7-4-13-29(16-21)24-23-12-14-30(26)25(23)28-17-27-24/h3,5-6,12,14-15,17-18,21,26H,4,7-11,13,16H2,1-2H3/q-1. The van der Waals surface area contributed by atoms with Gasteiger partial charge in [-0.3, -0.25) is 4.79 Å². The number of nitrogens with zero attached hydrogens (tertiary/aromatic N) is 4. The first-order valence-electron chi connectivity index (χ1n) is 11.4. The lowest BCUT2D eigenvalue weighted by Gasteiger charge is -2.34. The summed E-state index contributed by atoms with van der Waals surface area (Å²) in [6.45, 7) is 6.21. The largest absolute Gasteiger partial charge is 0.630 e. The normalized spacial score (nSPS) is 16.9. The van der Waals surface area contributed by atoms with E-state index in [1.54, 1.807) is 12.5 Å². The van der Waals surface area contributed by atoms with Crippen LogP contribution in [-0.2, 0) is 11.2 Å². The van der Waals surface area contributed by atoms with Crippen molar-refractivity contribution in [2.24, 2.45) is 5.92 Å². The van der Waals surface area contributed by atoms with E-state index in [0.29, 0.717) is 36.1 Å². The molecule has 3 heterocycles. The van der Waals surface area contributed by atoms with Gasteiger partial charge in [-0.15, -0.1) is 0 Å². The van der Waals surface area contributed by atoms with Crippen molar-refractivity contribution >= 4 is 22.6 Å². The smallest absolute Gasteiger partial charge is 0.141 e. The molecule has 0 radical (unpaired) electrons. The summed E-state index contributed by atoms with van der Waals surface area (Å²) in [6.07, 6.45) is 8.68. The Morgan fingerprint density at radius 3 is 2.94 bits per heavy atom. The van der Waals surface area contributed by atoms with Gasteiger partial charge in [-0.2, -0.15) is 0 Å². The highest BCUT2D eigenvalue weighted by atomic mass is 16.1. The molecule has 1 saturated heterocycles. The van der Waals surface area contributed by atoms with E-state index in [1.807, 2.05) is 6.07 Å². The summed E-state index contributed by atoms with van der Waals surface area (Å²) in [4.78, 5) is 23.3. The van der Waals surface area contributed by atoms with Crippen molar-refractivity contribution < 1.29 is 4.79 Å². The molecule has 1 aliphatic heterocycles. The van der Waals surface area contributed by atoms with Crippen LogP contribution in [0.1, 0.15) is 63.0 Å². The topological polar surface area (TPSA) is 74.8 Å². The van der Waals surface area contributed by atoms with Gasteiger partial charge in [0.25, 0.3) is 0 Å². The summed E-state index contributed by atoms with van der Waals surface area (Å²) in [5.74, 6) is 10.3. The van der Waals surface area contributed by atoms with Crippen LogP contribution in [0, 0.1) is 5.92 Å². The number of aryl methyl sites for hydroxylation is 1. The number of aromatic nitrogens is 3. The Balaban J connectivity index is 1.44. The second-order valence-corrected chi connectivity index (χ2v) is 9.12. The molecular formula is C25H32N5O-. The van der Waals surface area contributed by atoms with E-state index in [1.165, 1.54) is 15.8 Å². The number of hydrogen-bond acceptors (Lipinski definition) is 4. The molecule has 1 unspecified atom stereocenters. The number of rotatable bonds is 8. The van der Waals surface area contributed by atoms with Crippen LogP contribution in [0.2, 0.25) is 0 Å². The Labute approximate surface area is 184 Å². The van der Waals surface area contributed by atoms with Crippen molar-refractivity contribution in [1.29, 1.82) is 0 Å².